The summed E-state index contributed by atoms with van der Waals surface area (Å²) in [5, 5.41) is 19.7. The Morgan fingerprint density at radius 1 is 1.38 bits per heavy atom. The third-order valence-electron chi connectivity index (χ3n) is 5.08. The van der Waals surface area contributed by atoms with Gasteiger partial charge in [0.05, 0.1) is 12.1 Å². The zero-order valence-corrected chi connectivity index (χ0v) is 12.7. The van der Waals surface area contributed by atoms with Gasteiger partial charge in [-0.25, -0.2) is 0 Å². The summed E-state index contributed by atoms with van der Waals surface area (Å²) in [5.41, 5.74) is 1.01. The minimum absolute atomic E-state index is 0.0245. The van der Waals surface area contributed by atoms with Crippen molar-refractivity contribution in [2.45, 2.75) is 63.3 Å². The molecule has 2 aliphatic rings. The molecule has 1 aromatic heterocycles. The van der Waals surface area contributed by atoms with E-state index < -0.39 is 5.54 Å². The van der Waals surface area contributed by atoms with Gasteiger partial charge < -0.3 is 10.4 Å². The first-order valence-corrected chi connectivity index (χ1v) is 8.11. The van der Waals surface area contributed by atoms with E-state index in [0.29, 0.717) is 17.5 Å². The van der Waals surface area contributed by atoms with Gasteiger partial charge in [-0.2, -0.15) is 5.10 Å². The fraction of sp³-hybridized carbons (Fsp3) is 0.750. The molecule has 2 aliphatic carbocycles. The first-order valence-electron chi connectivity index (χ1n) is 8.11. The molecule has 3 N–H and O–H groups in total. The number of hydrogen-bond acceptors (Lipinski definition) is 3. The van der Waals surface area contributed by atoms with E-state index in [1.165, 1.54) is 32.1 Å². The Balaban J connectivity index is 1.66. The molecule has 1 heterocycles. The van der Waals surface area contributed by atoms with Crippen LogP contribution in [0, 0.1) is 5.92 Å². The predicted octanol–water partition coefficient (Wildman–Crippen LogP) is 2.35. The molecule has 5 heteroatoms. The number of aromatic amines is 1. The molecular weight excluding hydrogens is 266 g/mol. The van der Waals surface area contributed by atoms with Crippen LogP contribution in [-0.2, 0) is 0 Å². The van der Waals surface area contributed by atoms with E-state index in [1.807, 2.05) is 13.0 Å². The second-order valence-electron chi connectivity index (χ2n) is 6.85. The van der Waals surface area contributed by atoms with Crippen LogP contribution in [0.5, 0.6) is 0 Å². The zero-order valence-electron chi connectivity index (χ0n) is 12.7. The first kappa shape index (κ1) is 14.6. The lowest BCUT2D eigenvalue weighted by molar-refractivity contribution is 0.0819. The molecule has 0 saturated heterocycles. The molecule has 2 saturated carbocycles. The van der Waals surface area contributed by atoms with E-state index in [1.54, 1.807) is 0 Å². The number of aromatic nitrogens is 2. The maximum absolute atomic E-state index is 12.3. The zero-order chi connectivity index (χ0) is 14.9. The second kappa shape index (κ2) is 5.79. The number of aliphatic hydroxyl groups excluding tert-OH is 1. The summed E-state index contributed by atoms with van der Waals surface area (Å²) in [6.07, 6.45) is 8.34. The van der Waals surface area contributed by atoms with E-state index >= 15 is 0 Å². The third kappa shape index (κ3) is 3.12. The Bertz CT molecular complexity index is 503. The standard InChI is InChI=1S/C16H25N3O2/c1-16(10-20,12-7-8-12)17-15(21)14-9-13(18-19-14)11-5-3-2-4-6-11/h9,11-12,20H,2-8,10H2,1H3,(H,17,21)(H,18,19). The van der Waals surface area contributed by atoms with Crippen LogP contribution in [0.2, 0.25) is 0 Å². The molecule has 0 bridgehead atoms. The van der Waals surface area contributed by atoms with Crippen molar-refractivity contribution in [3.8, 4) is 0 Å². The highest BCUT2D eigenvalue weighted by Crippen LogP contribution is 2.39. The molecule has 21 heavy (non-hydrogen) atoms. The normalized spacial score (nSPS) is 22.8. The van der Waals surface area contributed by atoms with Gasteiger partial charge in [-0.15, -0.1) is 0 Å². The van der Waals surface area contributed by atoms with Crippen molar-refractivity contribution in [3.05, 3.63) is 17.5 Å². The lowest BCUT2D eigenvalue weighted by atomic mass is 9.87. The fourth-order valence-electron chi connectivity index (χ4n) is 3.39. The predicted molar refractivity (Wildman–Crippen MR) is 80.1 cm³/mol. The SMILES string of the molecule is CC(CO)(NC(=O)c1cc(C2CCCCC2)[nH]n1)C1CC1. The average Bonchev–Trinajstić information content (AvgIpc) is 3.26. The molecule has 0 aliphatic heterocycles. The number of H-pyrrole nitrogens is 1. The largest absolute Gasteiger partial charge is 0.394 e. The molecule has 2 fully saturated rings. The monoisotopic (exact) mass is 291 g/mol. The topological polar surface area (TPSA) is 78.0 Å². The van der Waals surface area contributed by atoms with Gasteiger partial charge in [0.25, 0.3) is 5.91 Å². The van der Waals surface area contributed by atoms with Crippen molar-refractivity contribution in [2.24, 2.45) is 5.92 Å². The Labute approximate surface area is 125 Å². The van der Waals surface area contributed by atoms with Crippen LogP contribution in [0.4, 0.5) is 0 Å². The molecule has 1 unspecified atom stereocenters. The molecule has 5 nitrogen and oxygen atoms in total. The third-order valence-corrected chi connectivity index (χ3v) is 5.08. The van der Waals surface area contributed by atoms with Crippen molar-refractivity contribution in [1.82, 2.24) is 15.5 Å². The number of aliphatic hydroxyl groups is 1. The Morgan fingerprint density at radius 2 is 2.10 bits per heavy atom. The van der Waals surface area contributed by atoms with Crippen LogP contribution in [0.15, 0.2) is 6.07 Å². The van der Waals surface area contributed by atoms with E-state index in [2.05, 4.69) is 15.5 Å². The van der Waals surface area contributed by atoms with Crippen molar-refractivity contribution in [2.75, 3.05) is 6.61 Å². The van der Waals surface area contributed by atoms with Crippen molar-refractivity contribution < 1.29 is 9.90 Å². The summed E-state index contributed by atoms with van der Waals surface area (Å²) in [6.45, 7) is 1.89. The minimum Gasteiger partial charge on any atom is -0.394 e. The maximum atomic E-state index is 12.3. The molecule has 0 spiro atoms. The van der Waals surface area contributed by atoms with Crippen molar-refractivity contribution in [3.63, 3.8) is 0 Å². The van der Waals surface area contributed by atoms with Gasteiger partial charge in [-0.1, -0.05) is 19.3 Å². The number of hydrogen-bond donors (Lipinski definition) is 3. The highest BCUT2D eigenvalue weighted by atomic mass is 16.3. The van der Waals surface area contributed by atoms with Gasteiger partial charge in [0, 0.05) is 11.6 Å². The summed E-state index contributed by atoms with van der Waals surface area (Å²) in [7, 11) is 0. The molecule has 1 atom stereocenters. The molecule has 1 amide bonds. The van der Waals surface area contributed by atoms with E-state index in [4.69, 9.17) is 0 Å². The number of carbonyl (C=O) groups excluding carboxylic acids is 1. The average molecular weight is 291 g/mol. The summed E-state index contributed by atoms with van der Waals surface area (Å²) >= 11 is 0. The van der Waals surface area contributed by atoms with E-state index in [0.717, 1.165) is 18.5 Å². The van der Waals surface area contributed by atoms with Gasteiger partial charge in [0.2, 0.25) is 0 Å². The number of amides is 1. The van der Waals surface area contributed by atoms with Crippen LogP contribution in [0.25, 0.3) is 0 Å². The van der Waals surface area contributed by atoms with Crippen molar-refractivity contribution in [1.29, 1.82) is 0 Å². The van der Waals surface area contributed by atoms with Crippen LogP contribution in [0.3, 0.4) is 0 Å². The lowest BCUT2D eigenvalue weighted by Gasteiger charge is -2.28. The van der Waals surface area contributed by atoms with Crippen LogP contribution >= 0.6 is 0 Å². The van der Waals surface area contributed by atoms with Gasteiger partial charge in [0.1, 0.15) is 5.69 Å². The van der Waals surface area contributed by atoms with Gasteiger partial charge in [-0.3, -0.25) is 9.89 Å². The molecular formula is C16H25N3O2. The second-order valence-corrected chi connectivity index (χ2v) is 6.85. The first-order chi connectivity index (χ1) is 10.1. The molecule has 116 valence electrons. The Morgan fingerprint density at radius 3 is 2.71 bits per heavy atom. The molecule has 0 radical (unpaired) electrons. The fourth-order valence-corrected chi connectivity index (χ4v) is 3.39. The highest BCUT2D eigenvalue weighted by molar-refractivity contribution is 5.93. The molecule has 0 aromatic carbocycles. The summed E-state index contributed by atoms with van der Waals surface area (Å²) in [4.78, 5) is 12.3. The number of carbonyl (C=O) groups is 1. The molecule has 1 aromatic rings. The molecule has 3 rings (SSSR count). The summed E-state index contributed by atoms with van der Waals surface area (Å²) < 4.78 is 0. The highest BCUT2D eigenvalue weighted by Gasteiger charge is 2.42. The summed E-state index contributed by atoms with van der Waals surface area (Å²) in [6, 6.07) is 1.88. The Kier molecular flexibility index (Phi) is 4.02. The number of rotatable bonds is 5. The lowest BCUT2D eigenvalue weighted by Crippen LogP contribution is -2.50. The quantitative estimate of drug-likeness (QED) is 0.779. The van der Waals surface area contributed by atoms with Crippen LogP contribution in [-0.4, -0.2) is 33.4 Å². The number of nitrogens with zero attached hydrogens (tertiary/aromatic N) is 1. The summed E-state index contributed by atoms with van der Waals surface area (Å²) in [5.74, 6) is 0.723. The van der Waals surface area contributed by atoms with Gasteiger partial charge >= 0.3 is 0 Å². The Hall–Kier alpha value is -1.36. The maximum Gasteiger partial charge on any atom is 0.272 e. The number of nitrogens with one attached hydrogen (secondary N) is 2. The van der Waals surface area contributed by atoms with Gasteiger partial charge in [0.15, 0.2) is 0 Å². The minimum atomic E-state index is -0.513. The van der Waals surface area contributed by atoms with Crippen LogP contribution in [0.1, 0.15) is 74.0 Å². The smallest absolute Gasteiger partial charge is 0.272 e. The van der Waals surface area contributed by atoms with Crippen LogP contribution < -0.4 is 5.32 Å². The van der Waals surface area contributed by atoms with E-state index in [-0.39, 0.29) is 12.5 Å². The van der Waals surface area contributed by atoms with E-state index in [9.17, 15) is 9.90 Å². The van der Waals surface area contributed by atoms with Gasteiger partial charge in [-0.05, 0) is 44.6 Å². The van der Waals surface area contributed by atoms with Crippen molar-refractivity contribution >= 4 is 5.91 Å².